The summed E-state index contributed by atoms with van der Waals surface area (Å²) in [7, 11) is -1.85. The van der Waals surface area contributed by atoms with Crippen LogP contribution in [0.2, 0.25) is 0 Å². The first-order valence-electron chi connectivity index (χ1n) is 5.73. The highest BCUT2D eigenvalue weighted by Crippen LogP contribution is 2.28. The van der Waals surface area contributed by atoms with Gasteiger partial charge in [0.05, 0.1) is 5.92 Å². The summed E-state index contributed by atoms with van der Waals surface area (Å²) in [5.74, 6) is -0.319. The van der Waals surface area contributed by atoms with Gasteiger partial charge in [0, 0.05) is 25.0 Å². The highest BCUT2D eigenvalue weighted by Gasteiger charge is 2.35. The van der Waals surface area contributed by atoms with Gasteiger partial charge in [0.15, 0.2) is 0 Å². The van der Waals surface area contributed by atoms with E-state index in [1.807, 2.05) is 6.92 Å². The Morgan fingerprint density at radius 1 is 1.50 bits per heavy atom. The van der Waals surface area contributed by atoms with Gasteiger partial charge in [0.25, 0.3) is 10.0 Å². The Balaban J connectivity index is 2.16. The van der Waals surface area contributed by atoms with Crippen molar-refractivity contribution in [1.82, 2.24) is 9.62 Å². The molecule has 1 atom stereocenters. The van der Waals surface area contributed by atoms with Crippen molar-refractivity contribution in [3.63, 3.8) is 0 Å². The molecular weight excluding hydrogens is 272 g/mol. The van der Waals surface area contributed by atoms with Gasteiger partial charge in [-0.25, -0.2) is 8.42 Å². The molecule has 0 saturated carbocycles. The van der Waals surface area contributed by atoms with Crippen LogP contribution >= 0.6 is 11.3 Å². The lowest BCUT2D eigenvalue weighted by molar-refractivity contribution is -0.123. The standard InChI is InChI=1S/C11H16N2O3S2/c1-8-3-4-10(17-8)18(15,16)13-6-5-9(7-13)11(14)12-2/h3-4,9H,5-7H2,1-2H3,(H,12,14). The van der Waals surface area contributed by atoms with Crippen LogP contribution < -0.4 is 5.32 Å². The first kappa shape index (κ1) is 13.5. The van der Waals surface area contributed by atoms with Crippen molar-refractivity contribution in [3.8, 4) is 0 Å². The summed E-state index contributed by atoms with van der Waals surface area (Å²) in [6.07, 6.45) is 0.587. The van der Waals surface area contributed by atoms with Gasteiger partial charge < -0.3 is 5.32 Å². The number of thiophene rings is 1. The summed E-state index contributed by atoms with van der Waals surface area (Å²) < 4.78 is 26.4. The quantitative estimate of drug-likeness (QED) is 0.895. The fraction of sp³-hybridized carbons (Fsp3) is 0.545. The molecule has 1 aromatic rings. The molecule has 1 aromatic heterocycles. The van der Waals surface area contributed by atoms with Crippen LogP contribution in [0.5, 0.6) is 0 Å². The summed E-state index contributed by atoms with van der Waals surface area (Å²) in [5.41, 5.74) is 0. The molecule has 18 heavy (non-hydrogen) atoms. The number of carbonyl (C=O) groups excluding carboxylic acids is 1. The SMILES string of the molecule is CNC(=O)C1CCN(S(=O)(=O)c2ccc(C)s2)C1. The van der Waals surface area contributed by atoms with E-state index in [2.05, 4.69) is 5.32 Å². The first-order valence-corrected chi connectivity index (χ1v) is 7.99. The van der Waals surface area contributed by atoms with Crippen LogP contribution in [0.3, 0.4) is 0 Å². The van der Waals surface area contributed by atoms with Gasteiger partial charge in [0.2, 0.25) is 5.91 Å². The Labute approximate surface area is 111 Å². The Morgan fingerprint density at radius 3 is 2.78 bits per heavy atom. The van der Waals surface area contributed by atoms with Gasteiger partial charge in [-0.3, -0.25) is 4.79 Å². The molecule has 1 fully saturated rings. The minimum absolute atomic E-state index is 0.0879. The highest BCUT2D eigenvalue weighted by atomic mass is 32.2. The second-order valence-electron chi connectivity index (χ2n) is 4.33. The molecule has 1 aliphatic heterocycles. The lowest BCUT2D eigenvalue weighted by atomic mass is 10.1. The van der Waals surface area contributed by atoms with Crippen LogP contribution in [0.15, 0.2) is 16.3 Å². The van der Waals surface area contributed by atoms with E-state index in [0.29, 0.717) is 17.2 Å². The fourth-order valence-electron chi connectivity index (χ4n) is 2.04. The Bertz CT molecular complexity index is 550. The number of hydrogen-bond acceptors (Lipinski definition) is 4. The maximum atomic E-state index is 12.3. The minimum Gasteiger partial charge on any atom is -0.359 e. The minimum atomic E-state index is -3.42. The van der Waals surface area contributed by atoms with E-state index in [0.717, 1.165) is 4.88 Å². The molecule has 0 aliphatic carbocycles. The van der Waals surface area contributed by atoms with Gasteiger partial charge in [-0.15, -0.1) is 11.3 Å². The Kier molecular flexibility index (Phi) is 3.74. The fourth-order valence-corrected chi connectivity index (χ4v) is 4.98. The van der Waals surface area contributed by atoms with Gasteiger partial charge in [-0.2, -0.15) is 4.31 Å². The Morgan fingerprint density at radius 2 is 2.22 bits per heavy atom. The summed E-state index contributed by atoms with van der Waals surface area (Å²) in [6.45, 7) is 2.57. The summed E-state index contributed by atoms with van der Waals surface area (Å²) in [5, 5.41) is 2.56. The van der Waals surface area contributed by atoms with E-state index in [1.54, 1.807) is 19.2 Å². The summed E-state index contributed by atoms with van der Waals surface area (Å²) in [6, 6.07) is 3.42. The number of carbonyl (C=O) groups is 1. The van der Waals surface area contributed by atoms with Crippen LogP contribution in [-0.4, -0.2) is 38.8 Å². The van der Waals surface area contributed by atoms with E-state index in [1.165, 1.54) is 15.6 Å². The second kappa shape index (κ2) is 4.99. The third-order valence-electron chi connectivity index (χ3n) is 3.08. The lowest BCUT2D eigenvalue weighted by Crippen LogP contribution is -2.32. The molecule has 1 aliphatic rings. The molecule has 7 heteroatoms. The molecule has 1 amide bonds. The normalized spacial score (nSPS) is 21.1. The van der Waals surface area contributed by atoms with Crippen molar-refractivity contribution in [3.05, 3.63) is 17.0 Å². The molecule has 2 heterocycles. The molecule has 0 spiro atoms. The topological polar surface area (TPSA) is 66.5 Å². The molecule has 100 valence electrons. The van der Waals surface area contributed by atoms with Crippen molar-refractivity contribution < 1.29 is 13.2 Å². The van der Waals surface area contributed by atoms with Crippen molar-refractivity contribution in [2.24, 2.45) is 5.92 Å². The van der Waals surface area contributed by atoms with Crippen LogP contribution in [0.25, 0.3) is 0 Å². The zero-order chi connectivity index (χ0) is 13.3. The van der Waals surface area contributed by atoms with Crippen molar-refractivity contribution in [2.75, 3.05) is 20.1 Å². The second-order valence-corrected chi connectivity index (χ2v) is 7.78. The molecule has 0 aromatic carbocycles. The molecule has 5 nitrogen and oxygen atoms in total. The van der Waals surface area contributed by atoms with Crippen molar-refractivity contribution in [2.45, 2.75) is 17.6 Å². The molecule has 0 bridgehead atoms. The zero-order valence-electron chi connectivity index (χ0n) is 10.3. The molecule has 1 unspecified atom stereocenters. The average molecular weight is 288 g/mol. The number of rotatable bonds is 3. The predicted octanol–water partition coefficient (Wildman–Crippen LogP) is 0.813. The molecule has 2 rings (SSSR count). The highest BCUT2D eigenvalue weighted by molar-refractivity contribution is 7.91. The number of sulfonamides is 1. The van der Waals surface area contributed by atoms with Crippen LogP contribution in [-0.2, 0) is 14.8 Å². The van der Waals surface area contributed by atoms with Gasteiger partial charge in [-0.1, -0.05) is 0 Å². The van der Waals surface area contributed by atoms with E-state index >= 15 is 0 Å². The monoisotopic (exact) mass is 288 g/mol. The van der Waals surface area contributed by atoms with Gasteiger partial charge >= 0.3 is 0 Å². The summed E-state index contributed by atoms with van der Waals surface area (Å²) >= 11 is 1.27. The third kappa shape index (κ3) is 2.43. The van der Waals surface area contributed by atoms with Gasteiger partial charge in [0.1, 0.15) is 4.21 Å². The predicted molar refractivity (Wildman–Crippen MR) is 70.0 cm³/mol. The average Bonchev–Trinajstić information content (AvgIpc) is 2.96. The van der Waals surface area contributed by atoms with E-state index in [-0.39, 0.29) is 18.4 Å². The maximum Gasteiger partial charge on any atom is 0.252 e. The molecule has 1 N–H and O–H groups in total. The first-order chi connectivity index (χ1) is 8.45. The Hall–Kier alpha value is -0.920. The van der Waals surface area contributed by atoms with E-state index in [4.69, 9.17) is 0 Å². The van der Waals surface area contributed by atoms with E-state index in [9.17, 15) is 13.2 Å². The summed E-state index contributed by atoms with van der Waals surface area (Å²) in [4.78, 5) is 12.5. The van der Waals surface area contributed by atoms with Crippen molar-refractivity contribution in [1.29, 1.82) is 0 Å². The number of amides is 1. The third-order valence-corrected chi connectivity index (χ3v) is 6.41. The number of nitrogens with zero attached hydrogens (tertiary/aromatic N) is 1. The number of hydrogen-bond donors (Lipinski definition) is 1. The number of nitrogens with one attached hydrogen (secondary N) is 1. The smallest absolute Gasteiger partial charge is 0.252 e. The van der Waals surface area contributed by atoms with Gasteiger partial charge in [-0.05, 0) is 25.5 Å². The van der Waals surface area contributed by atoms with Crippen LogP contribution in [0.1, 0.15) is 11.3 Å². The largest absolute Gasteiger partial charge is 0.359 e. The van der Waals surface area contributed by atoms with Crippen LogP contribution in [0.4, 0.5) is 0 Å². The molecule has 0 radical (unpaired) electrons. The molecule has 1 saturated heterocycles. The maximum absolute atomic E-state index is 12.3. The number of aryl methyl sites for hydroxylation is 1. The molecular formula is C11H16N2O3S2. The van der Waals surface area contributed by atoms with E-state index < -0.39 is 10.0 Å². The zero-order valence-corrected chi connectivity index (χ0v) is 12.0. The van der Waals surface area contributed by atoms with Crippen LogP contribution in [0, 0.1) is 12.8 Å². The van der Waals surface area contributed by atoms with Crippen molar-refractivity contribution >= 4 is 27.3 Å². The lowest BCUT2D eigenvalue weighted by Gasteiger charge is -2.14.